The summed E-state index contributed by atoms with van der Waals surface area (Å²) in [5.41, 5.74) is 14.6. The maximum absolute atomic E-state index is 6.24. The zero-order chi connectivity index (χ0) is 12.3. The van der Waals surface area contributed by atoms with Crippen LogP contribution in [-0.2, 0) is 6.42 Å². The van der Waals surface area contributed by atoms with Crippen molar-refractivity contribution in [3.05, 3.63) is 29.3 Å². The summed E-state index contributed by atoms with van der Waals surface area (Å²) in [5.74, 6) is 1.75. The van der Waals surface area contributed by atoms with Gasteiger partial charge in [-0.15, -0.1) is 11.8 Å². The van der Waals surface area contributed by atoms with Crippen LogP contribution in [-0.4, -0.2) is 12.3 Å². The molecule has 0 bridgehead atoms. The molecule has 0 radical (unpaired) electrons. The van der Waals surface area contributed by atoms with Crippen molar-refractivity contribution in [1.29, 1.82) is 0 Å². The van der Waals surface area contributed by atoms with Gasteiger partial charge in [-0.2, -0.15) is 0 Å². The van der Waals surface area contributed by atoms with Gasteiger partial charge in [0.2, 0.25) is 0 Å². The van der Waals surface area contributed by atoms with Crippen LogP contribution in [0.3, 0.4) is 0 Å². The van der Waals surface area contributed by atoms with E-state index in [0.29, 0.717) is 12.5 Å². The largest absolute Gasteiger partial charge is 0.330 e. The van der Waals surface area contributed by atoms with Gasteiger partial charge < -0.3 is 11.5 Å². The van der Waals surface area contributed by atoms with E-state index in [1.807, 2.05) is 11.8 Å². The van der Waals surface area contributed by atoms with Crippen LogP contribution >= 0.6 is 11.8 Å². The molecule has 2 rings (SSSR count). The molecule has 2 unspecified atom stereocenters. The quantitative estimate of drug-likeness (QED) is 0.864. The highest BCUT2D eigenvalue weighted by Gasteiger charge is 2.14. The summed E-state index contributed by atoms with van der Waals surface area (Å²) in [6.45, 7) is 2.88. The zero-order valence-electron chi connectivity index (χ0n) is 10.5. The highest BCUT2D eigenvalue weighted by atomic mass is 32.2. The molecule has 0 spiro atoms. The van der Waals surface area contributed by atoms with Crippen molar-refractivity contribution in [2.24, 2.45) is 17.4 Å². The first-order valence-corrected chi connectivity index (χ1v) is 7.40. The minimum atomic E-state index is 0.130. The first-order valence-electron chi connectivity index (χ1n) is 6.42. The van der Waals surface area contributed by atoms with E-state index in [2.05, 4.69) is 25.1 Å². The molecule has 0 aliphatic carbocycles. The van der Waals surface area contributed by atoms with E-state index in [0.717, 1.165) is 6.42 Å². The van der Waals surface area contributed by atoms with E-state index in [4.69, 9.17) is 11.5 Å². The van der Waals surface area contributed by atoms with Crippen LogP contribution < -0.4 is 11.5 Å². The monoisotopic (exact) mass is 250 g/mol. The van der Waals surface area contributed by atoms with Crippen molar-refractivity contribution in [3.63, 3.8) is 0 Å². The Balaban J connectivity index is 2.10. The lowest BCUT2D eigenvalue weighted by molar-refractivity contribution is 0.482. The molecule has 0 aromatic heterocycles. The molecule has 2 nitrogen and oxygen atoms in total. The summed E-state index contributed by atoms with van der Waals surface area (Å²) in [5, 5.41) is 0. The predicted molar refractivity (Wildman–Crippen MR) is 75.3 cm³/mol. The number of fused-ring (bicyclic) bond motifs is 1. The third kappa shape index (κ3) is 3.24. The van der Waals surface area contributed by atoms with E-state index in [9.17, 15) is 0 Å². The van der Waals surface area contributed by atoms with Gasteiger partial charge in [-0.1, -0.05) is 19.1 Å². The Morgan fingerprint density at radius 2 is 2.24 bits per heavy atom. The number of nitrogens with two attached hydrogens (primary N) is 2. The lowest BCUT2D eigenvalue weighted by Gasteiger charge is -2.20. The maximum atomic E-state index is 6.24. The van der Waals surface area contributed by atoms with Crippen LogP contribution in [0.15, 0.2) is 23.1 Å². The molecule has 1 aromatic carbocycles. The van der Waals surface area contributed by atoms with Crippen molar-refractivity contribution >= 4 is 11.8 Å². The van der Waals surface area contributed by atoms with E-state index < -0.39 is 0 Å². The van der Waals surface area contributed by atoms with Gasteiger partial charge in [0.1, 0.15) is 0 Å². The number of thioether (sulfide) groups is 1. The second-order valence-electron chi connectivity index (χ2n) is 5.00. The standard InChI is InChI=1S/C14H22N2S/c1-10(9-15)7-13(16)11-4-5-14-12(8-11)3-2-6-17-14/h4-5,8,10,13H,2-3,6-7,9,15-16H2,1H3. The Labute approximate surface area is 108 Å². The smallest absolute Gasteiger partial charge is 0.0297 e. The van der Waals surface area contributed by atoms with Gasteiger partial charge in [-0.25, -0.2) is 0 Å². The average Bonchev–Trinajstić information content (AvgIpc) is 2.38. The number of hydrogen-bond donors (Lipinski definition) is 2. The summed E-state index contributed by atoms with van der Waals surface area (Å²) >= 11 is 1.97. The Hall–Kier alpha value is -0.510. The fourth-order valence-corrected chi connectivity index (χ4v) is 3.30. The summed E-state index contributed by atoms with van der Waals surface area (Å²) in [6.07, 6.45) is 3.47. The van der Waals surface area contributed by atoms with E-state index >= 15 is 0 Å². The molecular formula is C14H22N2S. The topological polar surface area (TPSA) is 52.0 Å². The molecule has 0 saturated carbocycles. The van der Waals surface area contributed by atoms with Gasteiger partial charge >= 0.3 is 0 Å². The van der Waals surface area contributed by atoms with E-state index in [-0.39, 0.29) is 6.04 Å². The van der Waals surface area contributed by atoms with Gasteiger partial charge in [-0.3, -0.25) is 0 Å². The first-order chi connectivity index (χ1) is 8.20. The van der Waals surface area contributed by atoms with E-state index in [1.54, 1.807) is 0 Å². The van der Waals surface area contributed by atoms with Crippen molar-refractivity contribution in [1.82, 2.24) is 0 Å². The number of rotatable bonds is 4. The Bertz CT molecular complexity index is 378. The van der Waals surface area contributed by atoms with Gasteiger partial charge in [0.05, 0.1) is 0 Å². The fourth-order valence-electron chi connectivity index (χ4n) is 2.28. The molecule has 3 heteroatoms. The molecule has 17 heavy (non-hydrogen) atoms. The molecule has 0 saturated heterocycles. The third-order valence-electron chi connectivity index (χ3n) is 3.42. The molecule has 1 aliphatic rings. The Kier molecular flexibility index (Phi) is 4.48. The normalized spacial score (nSPS) is 18.5. The van der Waals surface area contributed by atoms with Gasteiger partial charge in [0.25, 0.3) is 0 Å². The number of benzene rings is 1. The molecule has 1 aliphatic heterocycles. The van der Waals surface area contributed by atoms with Crippen LogP contribution in [0.5, 0.6) is 0 Å². The molecule has 0 fully saturated rings. The van der Waals surface area contributed by atoms with Crippen LogP contribution in [0.25, 0.3) is 0 Å². The Morgan fingerprint density at radius 3 is 3.00 bits per heavy atom. The number of hydrogen-bond acceptors (Lipinski definition) is 3. The second kappa shape index (κ2) is 5.89. The first kappa shape index (κ1) is 12.9. The average molecular weight is 250 g/mol. The summed E-state index contributed by atoms with van der Waals surface area (Å²) in [6, 6.07) is 6.85. The van der Waals surface area contributed by atoms with Gasteiger partial charge in [0.15, 0.2) is 0 Å². The molecule has 1 aromatic rings. The number of aryl methyl sites for hydroxylation is 1. The third-order valence-corrected chi connectivity index (χ3v) is 4.62. The van der Waals surface area contributed by atoms with Crippen molar-refractivity contribution in [3.8, 4) is 0 Å². The van der Waals surface area contributed by atoms with Gasteiger partial charge in [0, 0.05) is 10.9 Å². The maximum Gasteiger partial charge on any atom is 0.0297 e. The second-order valence-corrected chi connectivity index (χ2v) is 6.14. The molecule has 94 valence electrons. The summed E-state index contributed by atoms with van der Waals surface area (Å²) in [4.78, 5) is 1.44. The molecule has 4 N–H and O–H groups in total. The fraction of sp³-hybridized carbons (Fsp3) is 0.571. The lowest BCUT2D eigenvalue weighted by Crippen LogP contribution is -2.19. The van der Waals surface area contributed by atoms with Gasteiger partial charge in [-0.05, 0) is 54.7 Å². The van der Waals surface area contributed by atoms with E-state index in [1.165, 1.54) is 34.6 Å². The minimum Gasteiger partial charge on any atom is -0.330 e. The molecule has 1 heterocycles. The SMILES string of the molecule is CC(CN)CC(N)c1ccc2c(c1)CCCS2. The van der Waals surface area contributed by atoms with Crippen molar-refractivity contribution < 1.29 is 0 Å². The van der Waals surface area contributed by atoms with Crippen LogP contribution in [0, 0.1) is 5.92 Å². The molecular weight excluding hydrogens is 228 g/mol. The van der Waals surface area contributed by atoms with Crippen molar-refractivity contribution in [2.45, 2.75) is 37.1 Å². The highest BCUT2D eigenvalue weighted by Crippen LogP contribution is 2.32. The summed E-state index contributed by atoms with van der Waals surface area (Å²) in [7, 11) is 0. The van der Waals surface area contributed by atoms with Crippen LogP contribution in [0.1, 0.15) is 36.9 Å². The van der Waals surface area contributed by atoms with Crippen molar-refractivity contribution in [2.75, 3.05) is 12.3 Å². The zero-order valence-corrected chi connectivity index (χ0v) is 11.3. The predicted octanol–water partition coefficient (Wildman–Crippen LogP) is 2.71. The van der Waals surface area contributed by atoms with Crippen LogP contribution in [0.4, 0.5) is 0 Å². The molecule has 2 atom stereocenters. The lowest BCUT2D eigenvalue weighted by atomic mass is 9.95. The summed E-state index contributed by atoms with van der Waals surface area (Å²) < 4.78 is 0. The Morgan fingerprint density at radius 1 is 1.41 bits per heavy atom. The molecule has 0 amide bonds. The van der Waals surface area contributed by atoms with Crippen LogP contribution in [0.2, 0.25) is 0 Å². The highest BCUT2D eigenvalue weighted by molar-refractivity contribution is 7.99. The minimum absolute atomic E-state index is 0.130.